The fraction of sp³-hybridized carbons (Fsp3) is 0. The Kier molecular flexibility index (Phi) is 46.5. The van der Waals surface area contributed by atoms with Crippen molar-refractivity contribution in [2.75, 3.05) is 0 Å². The van der Waals surface area contributed by atoms with E-state index in [4.69, 9.17) is 38.5 Å². The molecule has 0 fully saturated rings. The van der Waals surface area contributed by atoms with E-state index in [-0.39, 0.29) is 142 Å². The third-order valence-corrected chi connectivity index (χ3v) is 0. The predicted molar refractivity (Wildman–Crippen MR) is 26.7 cm³/mol. The summed E-state index contributed by atoms with van der Waals surface area (Å²) in [5.74, 6) is 0. The summed E-state index contributed by atoms with van der Waals surface area (Å²) < 4.78 is 17.1. The minimum absolute atomic E-state index is 0. The van der Waals surface area contributed by atoms with Gasteiger partial charge in [0.25, 0.3) is 0 Å². The summed E-state index contributed by atoms with van der Waals surface area (Å²) in [6.45, 7) is 0. The van der Waals surface area contributed by atoms with Crippen molar-refractivity contribution in [2.24, 2.45) is 0 Å². The maximum absolute atomic E-state index is 8.55. The van der Waals surface area contributed by atoms with Crippen molar-refractivity contribution in [3.8, 4) is 0 Å². The van der Waals surface area contributed by atoms with E-state index in [1.165, 1.54) is 0 Å². The first-order valence-electron chi connectivity index (χ1n) is 1.46. The first-order valence-corrected chi connectivity index (χ1v) is 4.38. The Balaban J connectivity index is -0.0000000178. The van der Waals surface area contributed by atoms with Gasteiger partial charge in [-0.15, -0.1) is 0 Å². The zero-order chi connectivity index (χ0) is 9.00. The molecule has 0 aliphatic heterocycles. The molecule has 0 aromatic heterocycles. The molecule has 0 aliphatic rings. The van der Waals surface area contributed by atoms with Crippen molar-refractivity contribution in [2.45, 2.75) is 0 Å². The first-order chi connectivity index (χ1) is 4.00. The Morgan fingerprint density at radius 2 is 0.714 bits per heavy atom. The average Bonchev–Trinajstić information content (AvgIpc) is 1.12. The predicted octanol–water partition coefficient (Wildman–Crippen LogP) is -12.4. The zero-order valence-electron chi connectivity index (χ0n) is 7.57. The van der Waals surface area contributed by atoms with Crippen LogP contribution in [0.5, 0.6) is 0 Å². The van der Waals surface area contributed by atoms with Gasteiger partial charge in [-0.3, -0.25) is 0 Å². The first kappa shape index (κ1) is 36.4. The Labute approximate surface area is 191 Å². The molecule has 0 atom stereocenters. The summed E-state index contributed by atoms with van der Waals surface area (Å²) in [5, 5.41) is 0. The van der Waals surface area contributed by atoms with Gasteiger partial charge in [0.05, 0.1) is 0 Å². The molecule has 0 bridgehead atoms. The maximum Gasteiger partial charge on any atom is 2.00 e. The van der Waals surface area contributed by atoms with Gasteiger partial charge in [0, 0.05) is 0 Å². The van der Waals surface area contributed by atoms with Gasteiger partial charge < -0.3 is 38.5 Å². The van der Waals surface area contributed by atoms with Crippen LogP contribution in [0, 0.1) is 0 Å². The number of rotatable bonds is 0. The molecule has 0 heterocycles. The van der Waals surface area contributed by atoms with Crippen molar-refractivity contribution in [3.63, 3.8) is 0 Å². The van der Waals surface area contributed by atoms with Crippen molar-refractivity contribution in [3.05, 3.63) is 0 Å². The van der Waals surface area contributed by atoms with E-state index in [1.54, 1.807) is 0 Å². The summed E-state index contributed by atoms with van der Waals surface area (Å²) in [6, 6.07) is 0. The molecule has 0 saturated heterocycles. The van der Waals surface area contributed by atoms with Crippen LogP contribution in [0.1, 0.15) is 0 Å². The van der Waals surface area contributed by atoms with Crippen LogP contribution in [-0.2, 0) is 9.13 Å². The van der Waals surface area contributed by atoms with Crippen LogP contribution in [0.3, 0.4) is 0 Å². The third kappa shape index (κ3) is 179. The quantitative estimate of drug-likeness (QED) is 0.313. The smallest absolute Gasteiger partial charge is 0.822 e. The second kappa shape index (κ2) is 17.9. The molecule has 0 aromatic carbocycles. The van der Waals surface area contributed by atoms with Crippen molar-refractivity contribution >= 4 is 76.4 Å². The number of hydrogen-bond donors (Lipinski definition) is 0. The Morgan fingerprint density at radius 1 is 0.714 bits per heavy atom. The molecular weight excluding hydrogens is 316 g/mol. The summed E-state index contributed by atoms with van der Waals surface area (Å²) in [5.41, 5.74) is 0. The standard InChI is InChI=1S/Ca.K.Mg.Na.2H3O4P/c;;;;2*1-5(2,3)4/h;;;;2*(H3,1,2,3,4)/q+2;+1;+2;+1;;/p-6. The topological polar surface area (TPSA) is 172 Å². The van der Waals surface area contributed by atoms with Gasteiger partial charge in [-0.1, -0.05) is 0 Å². The van der Waals surface area contributed by atoms with E-state index in [2.05, 4.69) is 0 Å². The third-order valence-electron chi connectivity index (χ3n) is 0. The monoisotopic (exact) mass is 316 g/mol. The minimum atomic E-state index is -5.39. The fourth-order valence-corrected chi connectivity index (χ4v) is 0. The summed E-state index contributed by atoms with van der Waals surface area (Å²) >= 11 is 0. The number of hydrogen-bond acceptors (Lipinski definition) is 8. The van der Waals surface area contributed by atoms with E-state index in [0.717, 1.165) is 0 Å². The van der Waals surface area contributed by atoms with E-state index >= 15 is 0 Å². The Morgan fingerprint density at radius 3 is 0.714 bits per heavy atom. The second-order valence-corrected chi connectivity index (χ2v) is 2.68. The van der Waals surface area contributed by atoms with Gasteiger partial charge >= 0.3 is 142 Å². The van der Waals surface area contributed by atoms with Crippen LogP contribution >= 0.6 is 15.6 Å². The van der Waals surface area contributed by atoms with E-state index < -0.39 is 15.6 Å². The minimum Gasteiger partial charge on any atom is -0.822 e. The summed E-state index contributed by atoms with van der Waals surface area (Å²) in [4.78, 5) is 51.3. The molecule has 0 unspecified atom stereocenters. The molecule has 0 N–H and O–H groups in total. The zero-order valence-corrected chi connectivity index (χ0v) is 18.1. The van der Waals surface area contributed by atoms with E-state index in [9.17, 15) is 0 Å². The molecule has 0 spiro atoms. The summed E-state index contributed by atoms with van der Waals surface area (Å²) in [6.07, 6.45) is 0. The molecule has 14 heteroatoms. The largest absolute Gasteiger partial charge is 2.00 e. The average molecular weight is 316 g/mol. The van der Waals surface area contributed by atoms with Crippen LogP contribution in [-0.4, -0.2) is 60.8 Å². The van der Waals surface area contributed by atoms with Gasteiger partial charge in [-0.25, -0.2) is 0 Å². The molecule has 0 amide bonds. The Hall–Kier alpha value is 4.88. The van der Waals surface area contributed by atoms with Gasteiger partial charge in [0.2, 0.25) is 0 Å². The van der Waals surface area contributed by atoms with Gasteiger partial charge in [-0.2, -0.15) is 15.6 Å². The summed E-state index contributed by atoms with van der Waals surface area (Å²) in [7, 11) is -10.8. The molecule has 0 aliphatic carbocycles. The maximum atomic E-state index is 8.55. The van der Waals surface area contributed by atoms with Gasteiger partial charge in [0.15, 0.2) is 0 Å². The molecular formula is CaKMgNaO8P2. The molecule has 0 saturated carbocycles. The van der Waals surface area contributed by atoms with Gasteiger partial charge in [0.1, 0.15) is 0 Å². The molecule has 8 nitrogen and oxygen atoms in total. The fourth-order valence-electron chi connectivity index (χ4n) is 0. The van der Waals surface area contributed by atoms with Crippen LogP contribution < -0.4 is 110 Å². The van der Waals surface area contributed by atoms with Crippen molar-refractivity contribution in [1.29, 1.82) is 0 Å². The van der Waals surface area contributed by atoms with Gasteiger partial charge in [-0.05, 0) is 0 Å². The van der Waals surface area contributed by atoms with Crippen LogP contribution in [0.2, 0.25) is 0 Å². The Bertz CT molecular complexity index is 140. The van der Waals surface area contributed by atoms with Crippen LogP contribution in [0.4, 0.5) is 0 Å². The van der Waals surface area contributed by atoms with Crippen molar-refractivity contribution in [1.82, 2.24) is 0 Å². The van der Waals surface area contributed by atoms with Crippen LogP contribution in [0.15, 0.2) is 0 Å². The van der Waals surface area contributed by atoms with Crippen molar-refractivity contribution < 1.29 is 119 Å². The van der Waals surface area contributed by atoms with E-state index in [1.807, 2.05) is 0 Å². The number of phosphoric acid groups is 2. The molecule has 0 rings (SSSR count). The molecule has 0 aromatic rings. The molecule has 64 valence electrons. The second-order valence-electron chi connectivity index (χ2n) is 0.894. The molecule has 0 radical (unpaired) electrons. The normalized spacial score (nSPS) is 8.43. The molecule has 14 heavy (non-hydrogen) atoms. The van der Waals surface area contributed by atoms with E-state index in [0.29, 0.717) is 0 Å². The SMILES string of the molecule is O=P([O-])([O-])[O-].O=P([O-])([O-])[O-].[Ca+2].[K+].[Mg+2].[Na+]. The van der Waals surface area contributed by atoms with Crippen LogP contribution in [0.25, 0.3) is 0 Å².